The Balaban J connectivity index is 2.36. The van der Waals surface area contributed by atoms with Crippen LogP contribution in [0, 0.1) is 0 Å². The lowest BCUT2D eigenvalue weighted by Crippen LogP contribution is -1.85. The van der Waals surface area contributed by atoms with Gasteiger partial charge in [0.1, 0.15) is 10.7 Å². The zero-order valence-corrected chi connectivity index (χ0v) is 11.1. The van der Waals surface area contributed by atoms with Crippen molar-refractivity contribution in [2.24, 2.45) is 0 Å². The fourth-order valence-electron chi connectivity index (χ4n) is 1.31. The Morgan fingerprint density at radius 1 is 1.38 bits per heavy atom. The van der Waals surface area contributed by atoms with Crippen molar-refractivity contribution in [2.45, 2.75) is 11.3 Å². The minimum Gasteiger partial charge on any atom is -0.389 e. The number of aromatic nitrogens is 1. The molecule has 0 atom stereocenters. The number of benzene rings is 1. The summed E-state index contributed by atoms with van der Waals surface area (Å²) < 4.78 is 1.02. The highest BCUT2D eigenvalue weighted by Gasteiger charge is 2.10. The minimum atomic E-state index is 0.723. The van der Waals surface area contributed by atoms with Crippen molar-refractivity contribution in [3.63, 3.8) is 0 Å². The predicted molar refractivity (Wildman–Crippen MR) is 73.4 cm³/mol. The van der Waals surface area contributed by atoms with Crippen LogP contribution in [0.2, 0.25) is 5.02 Å². The minimum absolute atomic E-state index is 0.723. The lowest BCUT2D eigenvalue weighted by molar-refractivity contribution is 1.25. The standard InChI is InChI=1S/C11H11ClN2S2/c1-2-15-11-14-9(10(13)16-11)7-3-5-8(12)6-4-7/h3-6H,2,13H2,1H3. The van der Waals surface area contributed by atoms with E-state index in [4.69, 9.17) is 17.3 Å². The number of rotatable bonds is 3. The van der Waals surface area contributed by atoms with Gasteiger partial charge in [-0.15, -0.1) is 0 Å². The van der Waals surface area contributed by atoms with Gasteiger partial charge >= 0.3 is 0 Å². The van der Waals surface area contributed by atoms with E-state index in [9.17, 15) is 0 Å². The zero-order valence-electron chi connectivity index (χ0n) is 8.74. The number of hydrogen-bond donors (Lipinski definition) is 1. The molecule has 0 saturated carbocycles. The number of nitrogens with zero attached hydrogens (tertiary/aromatic N) is 1. The van der Waals surface area contributed by atoms with Crippen molar-refractivity contribution in [1.82, 2.24) is 4.98 Å². The molecule has 5 heteroatoms. The van der Waals surface area contributed by atoms with Crippen LogP contribution in [0.5, 0.6) is 0 Å². The molecule has 0 aliphatic rings. The second-order valence-electron chi connectivity index (χ2n) is 3.13. The normalized spacial score (nSPS) is 10.6. The highest BCUT2D eigenvalue weighted by molar-refractivity contribution is 8.01. The first-order valence-corrected chi connectivity index (χ1v) is 7.03. The maximum atomic E-state index is 5.95. The molecule has 1 aromatic heterocycles. The molecule has 1 aromatic carbocycles. The molecule has 2 N–H and O–H groups in total. The van der Waals surface area contributed by atoms with Gasteiger partial charge in [0.2, 0.25) is 0 Å². The Hall–Kier alpha value is -0.710. The van der Waals surface area contributed by atoms with E-state index in [-0.39, 0.29) is 0 Å². The molecular weight excluding hydrogens is 260 g/mol. The van der Waals surface area contributed by atoms with Crippen molar-refractivity contribution < 1.29 is 0 Å². The number of anilines is 1. The van der Waals surface area contributed by atoms with E-state index in [1.165, 1.54) is 11.3 Å². The summed E-state index contributed by atoms with van der Waals surface area (Å²) in [5.74, 6) is 1.01. The first-order chi connectivity index (χ1) is 7.70. The van der Waals surface area contributed by atoms with Crippen LogP contribution in [-0.4, -0.2) is 10.7 Å². The third-order valence-electron chi connectivity index (χ3n) is 2.02. The Kier molecular flexibility index (Phi) is 3.74. The Bertz CT molecular complexity index is 479. The van der Waals surface area contributed by atoms with Gasteiger partial charge in [-0.1, -0.05) is 53.8 Å². The van der Waals surface area contributed by atoms with E-state index >= 15 is 0 Å². The third-order valence-corrected chi connectivity index (χ3v) is 4.18. The van der Waals surface area contributed by atoms with Gasteiger partial charge in [0, 0.05) is 10.6 Å². The number of thiazole rings is 1. The fourth-order valence-corrected chi connectivity index (χ4v) is 3.28. The van der Waals surface area contributed by atoms with Gasteiger partial charge in [0.25, 0.3) is 0 Å². The summed E-state index contributed by atoms with van der Waals surface area (Å²) in [6.45, 7) is 2.10. The van der Waals surface area contributed by atoms with Crippen LogP contribution in [0.4, 0.5) is 5.00 Å². The molecule has 0 bridgehead atoms. The molecular formula is C11H11ClN2S2. The first kappa shape index (κ1) is 11.8. The van der Waals surface area contributed by atoms with E-state index in [1.807, 2.05) is 24.3 Å². The van der Waals surface area contributed by atoms with Crippen LogP contribution in [-0.2, 0) is 0 Å². The highest BCUT2D eigenvalue weighted by atomic mass is 35.5. The van der Waals surface area contributed by atoms with Crippen LogP contribution < -0.4 is 5.73 Å². The Morgan fingerprint density at radius 2 is 2.06 bits per heavy atom. The van der Waals surface area contributed by atoms with Gasteiger partial charge in [-0.2, -0.15) is 0 Å². The maximum Gasteiger partial charge on any atom is 0.152 e. The molecule has 0 fully saturated rings. The van der Waals surface area contributed by atoms with E-state index in [0.717, 1.165) is 31.4 Å². The summed E-state index contributed by atoms with van der Waals surface area (Å²) in [6, 6.07) is 7.58. The molecule has 2 aromatic rings. The molecule has 0 aliphatic heterocycles. The van der Waals surface area contributed by atoms with Crippen molar-refractivity contribution in [1.29, 1.82) is 0 Å². The largest absolute Gasteiger partial charge is 0.389 e. The first-order valence-electron chi connectivity index (χ1n) is 4.85. The summed E-state index contributed by atoms with van der Waals surface area (Å²) in [7, 11) is 0. The quantitative estimate of drug-likeness (QED) is 0.852. The van der Waals surface area contributed by atoms with Crippen molar-refractivity contribution in [2.75, 3.05) is 11.5 Å². The topological polar surface area (TPSA) is 38.9 Å². The van der Waals surface area contributed by atoms with E-state index in [1.54, 1.807) is 11.8 Å². The van der Waals surface area contributed by atoms with Crippen LogP contribution in [0.1, 0.15) is 6.92 Å². The van der Waals surface area contributed by atoms with Crippen molar-refractivity contribution in [3.05, 3.63) is 29.3 Å². The monoisotopic (exact) mass is 270 g/mol. The van der Waals surface area contributed by atoms with Crippen molar-refractivity contribution in [3.8, 4) is 11.3 Å². The number of thioether (sulfide) groups is 1. The molecule has 1 heterocycles. The van der Waals surface area contributed by atoms with Gasteiger partial charge in [-0.25, -0.2) is 4.98 Å². The predicted octanol–water partition coefficient (Wildman–Crippen LogP) is 4.16. The molecule has 0 spiro atoms. The molecule has 16 heavy (non-hydrogen) atoms. The summed E-state index contributed by atoms with van der Waals surface area (Å²) in [5, 5.41) is 1.49. The van der Waals surface area contributed by atoms with Crippen molar-refractivity contribution >= 4 is 39.7 Å². The van der Waals surface area contributed by atoms with Gasteiger partial charge in [-0.3, -0.25) is 0 Å². The summed E-state index contributed by atoms with van der Waals surface area (Å²) >= 11 is 9.08. The third kappa shape index (κ3) is 2.51. The van der Waals surface area contributed by atoms with Crippen LogP contribution in [0.25, 0.3) is 11.3 Å². The number of hydrogen-bond acceptors (Lipinski definition) is 4. The number of halogens is 1. The average Bonchev–Trinajstić information content (AvgIpc) is 2.61. The average molecular weight is 271 g/mol. The van der Waals surface area contributed by atoms with E-state index < -0.39 is 0 Å². The maximum absolute atomic E-state index is 5.95. The Morgan fingerprint density at radius 3 is 2.69 bits per heavy atom. The summed E-state index contributed by atoms with van der Waals surface area (Å²) in [4.78, 5) is 4.51. The van der Waals surface area contributed by atoms with Crippen LogP contribution in [0.15, 0.2) is 28.6 Å². The molecule has 0 radical (unpaired) electrons. The molecule has 0 saturated heterocycles. The lowest BCUT2D eigenvalue weighted by Gasteiger charge is -1.97. The smallest absolute Gasteiger partial charge is 0.152 e. The van der Waals surface area contributed by atoms with E-state index in [0.29, 0.717) is 0 Å². The SMILES string of the molecule is CCSc1nc(-c2ccc(Cl)cc2)c(N)s1. The van der Waals surface area contributed by atoms with Crippen LogP contribution >= 0.6 is 34.7 Å². The Labute approximate surface area is 108 Å². The van der Waals surface area contributed by atoms with E-state index in [2.05, 4.69) is 11.9 Å². The van der Waals surface area contributed by atoms with Gasteiger partial charge < -0.3 is 5.73 Å². The van der Waals surface area contributed by atoms with Gasteiger partial charge in [0.05, 0.1) is 0 Å². The lowest BCUT2D eigenvalue weighted by atomic mass is 10.2. The molecule has 84 valence electrons. The molecule has 0 unspecified atom stereocenters. The van der Waals surface area contributed by atoms with Gasteiger partial charge in [0.15, 0.2) is 4.34 Å². The van der Waals surface area contributed by atoms with Gasteiger partial charge in [-0.05, 0) is 17.9 Å². The second-order valence-corrected chi connectivity index (χ2v) is 6.11. The van der Waals surface area contributed by atoms with Crippen LogP contribution in [0.3, 0.4) is 0 Å². The number of nitrogens with two attached hydrogens (primary N) is 1. The molecule has 2 rings (SSSR count). The molecule has 0 amide bonds. The summed E-state index contributed by atoms with van der Waals surface area (Å²) in [6.07, 6.45) is 0. The zero-order chi connectivity index (χ0) is 11.5. The summed E-state index contributed by atoms with van der Waals surface area (Å²) in [5.41, 5.74) is 7.83. The molecule has 2 nitrogen and oxygen atoms in total. The highest BCUT2D eigenvalue weighted by Crippen LogP contribution is 2.35. The molecule has 0 aliphatic carbocycles. The fraction of sp³-hybridized carbons (Fsp3) is 0.182. The second kappa shape index (κ2) is 5.08. The number of nitrogen functional groups attached to an aromatic ring is 1.